The smallest absolute Gasteiger partial charge is 0.311 e. The lowest BCUT2D eigenvalue weighted by molar-refractivity contribution is -0.134. The largest absolute Gasteiger partial charge is 0.490 e. The minimum absolute atomic E-state index is 0.168. The summed E-state index contributed by atoms with van der Waals surface area (Å²) in [7, 11) is 0. The van der Waals surface area contributed by atoms with Crippen molar-refractivity contribution < 1.29 is 19.0 Å². The zero-order valence-electron chi connectivity index (χ0n) is 16.2. The average Bonchev–Trinajstić information content (AvgIpc) is 2.71. The van der Waals surface area contributed by atoms with E-state index in [-0.39, 0.29) is 36.9 Å². The van der Waals surface area contributed by atoms with E-state index in [0.717, 1.165) is 9.86 Å². The minimum Gasteiger partial charge on any atom is -0.490 e. The van der Waals surface area contributed by atoms with Crippen LogP contribution in [0.2, 0.25) is 0 Å². The number of carbonyl (C=O) groups excluding carboxylic acids is 1. The molecule has 2 aromatic carbocycles. The highest BCUT2D eigenvalue weighted by atomic mass is 79.9. The molecule has 0 aliphatic heterocycles. The number of ether oxygens (including phenoxy) is 3. The molecule has 0 N–H and O–H groups in total. The molecule has 0 unspecified atom stereocenters. The van der Waals surface area contributed by atoms with Gasteiger partial charge in [-0.3, -0.25) is 9.59 Å². The van der Waals surface area contributed by atoms with Crippen molar-refractivity contribution in [1.29, 1.82) is 0 Å². The molecule has 3 rings (SSSR count). The topological polar surface area (TPSA) is 79.7 Å². The molecule has 1 heterocycles. The number of esters is 1. The van der Waals surface area contributed by atoms with Crippen molar-refractivity contribution in [2.24, 2.45) is 0 Å². The fraction of sp³-hybridized carbons (Fsp3) is 0.286. The van der Waals surface area contributed by atoms with E-state index in [1.165, 1.54) is 4.68 Å². The van der Waals surface area contributed by atoms with Gasteiger partial charge in [0.15, 0.2) is 11.5 Å². The fourth-order valence-electron chi connectivity index (χ4n) is 2.73. The molecular formula is C21H21BrN2O5. The molecular weight excluding hydrogens is 440 g/mol. The first kappa shape index (κ1) is 20.9. The number of fused-ring (bicyclic) bond motifs is 1. The number of hydrogen-bond donors (Lipinski definition) is 0. The van der Waals surface area contributed by atoms with Gasteiger partial charge in [0.05, 0.1) is 24.7 Å². The van der Waals surface area contributed by atoms with E-state index in [4.69, 9.17) is 14.2 Å². The lowest BCUT2D eigenvalue weighted by Crippen LogP contribution is -2.25. The predicted molar refractivity (Wildman–Crippen MR) is 113 cm³/mol. The maximum atomic E-state index is 12.6. The molecule has 7 nitrogen and oxygen atoms in total. The first-order valence-corrected chi connectivity index (χ1v) is 10.1. The monoisotopic (exact) mass is 460 g/mol. The lowest BCUT2D eigenvalue weighted by atomic mass is 10.2. The van der Waals surface area contributed by atoms with Gasteiger partial charge in [0.25, 0.3) is 5.56 Å². The van der Waals surface area contributed by atoms with Crippen molar-refractivity contribution in [1.82, 2.24) is 9.78 Å². The summed E-state index contributed by atoms with van der Waals surface area (Å²) in [6, 6.07) is 10.6. The molecule has 8 heteroatoms. The van der Waals surface area contributed by atoms with Crippen LogP contribution >= 0.6 is 15.9 Å². The Kier molecular flexibility index (Phi) is 6.87. The Balaban J connectivity index is 1.78. The van der Waals surface area contributed by atoms with Gasteiger partial charge < -0.3 is 14.2 Å². The molecule has 0 spiro atoms. The number of para-hydroxylation sites is 1. The number of benzene rings is 2. The van der Waals surface area contributed by atoms with Crippen LogP contribution in [0, 0.1) is 0 Å². The number of halogens is 1. The highest BCUT2D eigenvalue weighted by Gasteiger charge is 2.16. The van der Waals surface area contributed by atoms with E-state index >= 15 is 0 Å². The Morgan fingerprint density at radius 1 is 1.14 bits per heavy atom. The number of hydrogen-bond acceptors (Lipinski definition) is 6. The minimum atomic E-state index is -0.388. The second-order valence-corrected chi connectivity index (χ2v) is 7.01. The Bertz CT molecular complexity index is 1080. The van der Waals surface area contributed by atoms with E-state index in [1.54, 1.807) is 37.4 Å². The van der Waals surface area contributed by atoms with Gasteiger partial charge in [0.2, 0.25) is 5.75 Å². The number of nitrogens with zero attached hydrogens (tertiary/aromatic N) is 2. The van der Waals surface area contributed by atoms with E-state index in [9.17, 15) is 9.59 Å². The highest BCUT2D eigenvalue weighted by molar-refractivity contribution is 9.10. The van der Waals surface area contributed by atoms with E-state index in [2.05, 4.69) is 21.0 Å². The zero-order chi connectivity index (χ0) is 20.8. The number of aromatic nitrogens is 2. The summed E-state index contributed by atoms with van der Waals surface area (Å²) in [4.78, 5) is 24.4. The van der Waals surface area contributed by atoms with Gasteiger partial charge >= 0.3 is 5.97 Å². The second kappa shape index (κ2) is 9.56. The first-order valence-electron chi connectivity index (χ1n) is 9.28. The summed E-state index contributed by atoms with van der Waals surface area (Å²) in [5, 5.41) is 5.55. The quantitative estimate of drug-likeness (QED) is 0.374. The van der Waals surface area contributed by atoms with Crippen LogP contribution in [0.5, 0.6) is 17.2 Å². The lowest BCUT2D eigenvalue weighted by Gasteiger charge is -2.15. The summed E-state index contributed by atoms with van der Waals surface area (Å²) < 4.78 is 19.0. The van der Waals surface area contributed by atoms with Crippen LogP contribution < -0.4 is 19.8 Å². The Morgan fingerprint density at radius 2 is 1.90 bits per heavy atom. The van der Waals surface area contributed by atoms with Crippen LogP contribution in [0.15, 0.2) is 51.9 Å². The van der Waals surface area contributed by atoms with Gasteiger partial charge in [-0.05, 0) is 37.3 Å². The van der Waals surface area contributed by atoms with Crippen molar-refractivity contribution in [2.45, 2.75) is 26.8 Å². The predicted octanol–water partition coefficient (Wildman–Crippen LogP) is 3.95. The third-order valence-electron chi connectivity index (χ3n) is 4.12. The molecule has 0 fully saturated rings. The van der Waals surface area contributed by atoms with Gasteiger partial charge in [0.1, 0.15) is 6.61 Å². The molecule has 0 bridgehead atoms. The van der Waals surface area contributed by atoms with Crippen molar-refractivity contribution >= 4 is 32.7 Å². The first-order chi connectivity index (χ1) is 14.0. The van der Waals surface area contributed by atoms with Crippen molar-refractivity contribution in [3.63, 3.8) is 0 Å². The molecule has 0 saturated heterocycles. The summed E-state index contributed by atoms with van der Waals surface area (Å²) in [5.41, 5.74) is -0.195. The average molecular weight is 461 g/mol. The van der Waals surface area contributed by atoms with Crippen molar-refractivity contribution in [2.75, 3.05) is 13.2 Å². The summed E-state index contributed by atoms with van der Waals surface area (Å²) >= 11 is 3.39. The number of carbonyl (C=O) groups is 1. The molecule has 0 saturated carbocycles. The Morgan fingerprint density at radius 3 is 2.62 bits per heavy atom. The molecule has 0 radical (unpaired) electrons. The maximum Gasteiger partial charge on any atom is 0.311 e. The molecule has 3 aromatic rings. The van der Waals surface area contributed by atoms with Crippen LogP contribution in [-0.4, -0.2) is 29.0 Å². The van der Waals surface area contributed by atoms with Gasteiger partial charge in [0, 0.05) is 16.3 Å². The maximum absolute atomic E-state index is 12.6. The normalized spacial score (nSPS) is 10.7. The third-order valence-corrected chi connectivity index (χ3v) is 4.62. The van der Waals surface area contributed by atoms with E-state index < -0.39 is 0 Å². The van der Waals surface area contributed by atoms with Gasteiger partial charge in [-0.25, -0.2) is 4.68 Å². The molecule has 1 aromatic heterocycles. The zero-order valence-corrected chi connectivity index (χ0v) is 17.8. The van der Waals surface area contributed by atoms with Crippen LogP contribution in [0.1, 0.15) is 20.3 Å². The molecule has 0 aliphatic rings. The number of rotatable bonds is 8. The van der Waals surface area contributed by atoms with Crippen molar-refractivity contribution in [3.8, 4) is 17.2 Å². The second-order valence-electron chi connectivity index (χ2n) is 6.10. The Hall–Kier alpha value is -2.87. The molecule has 29 heavy (non-hydrogen) atoms. The highest BCUT2D eigenvalue weighted by Crippen LogP contribution is 2.37. The Labute approximate surface area is 176 Å². The SMILES string of the molecule is CCOc1cccc(OCCn2ncc3cc(Br)ccc3c2=O)c1OC(=O)CC. The summed E-state index contributed by atoms with van der Waals surface area (Å²) in [6.45, 7) is 4.39. The van der Waals surface area contributed by atoms with Crippen LogP contribution in [0.4, 0.5) is 0 Å². The molecule has 0 atom stereocenters. The van der Waals surface area contributed by atoms with E-state index in [0.29, 0.717) is 23.5 Å². The molecule has 0 aliphatic carbocycles. The van der Waals surface area contributed by atoms with Crippen molar-refractivity contribution in [3.05, 3.63) is 57.4 Å². The van der Waals surface area contributed by atoms with Gasteiger partial charge in [-0.15, -0.1) is 0 Å². The van der Waals surface area contributed by atoms with Gasteiger partial charge in [-0.2, -0.15) is 5.10 Å². The third kappa shape index (κ3) is 4.95. The van der Waals surface area contributed by atoms with Gasteiger partial charge in [-0.1, -0.05) is 28.9 Å². The summed E-state index contributed by atoms with van der Waals surface area (Å²) in [6.07, 6.45) is 1.87. The molecule has 152 valence electrons. The summed E-state index contributed by atoms with van der Waals surface area (Å²) in [5.74, 6) is 0.652. The van der Waals surface area contributed by atoms with Crippen LogP contribution in [0.3, 0.4) is 0 Å². The molecule has 0 amide bonds. The fourth-order valence-corrected chi connectivity index (χ4v) is 3.10. The van der Waals surface area contributed by atoms with E-state index in [1.807, 2.05) is 19.1 Å². The van der Waals surface area contributed by atoms with Crippen LogP contribution in [-0.2, 0) is 11.3 Å². The standard InChI is InChI=1S/C21H21BrN2O5/c1-3-19(25)29-20-17(27-4-2)6-5-7-18(20)28-11-10-24-21(26)16-9-8-15(22)12-14(16)13-23-24/h5-9,12-13H,3-4,10-11H2,1-2H3. The van der Waals surface area contributed by atoms with Crippen LogP contribution in [0.25, 0.3) is 10.8 Å².